The maximum atomic E-state index is 13.8. The van der Waals surface area contributed by atoms with Crippen molar-refractivity contribution >= 4 is 45.5 Å². The largest absolute Gasteiger partial charge is 0.497 e. The van der Waals surface area contributed by atoms with Crippen molar-refractivity contribution in [3.8, 4) is 5.75 Å². The lowest BCUT2D eigenvalue weighted by Crippen LogP contribution is -2.47. The van der Waals surface area contributed by atoms with E-state index in [0.717, 1.165) is 65.9 Å². The van der Waals surface area contributed by atoms with Crippen molar-refractivity contribution in [2.75, 3.05) is 63.3 Å². The normalized spacial score (nSPS) is 16.3. The number of piperazine rings is 1. The average Bonchev–Trinajstić information content (AvgIpc) is 3.07. The number of nitrogens with zero attached hydrogens (tertiary/aromatic N) is 3. The van der Waals surface area contributed by atoms with Gasteiger partial charge in [-0.15, -0.1) is 0 Å². The first kappa shape index (κ1) is 26.5. The van der Waals surface area contributed by atoms with Crippen molar-refractivity contribution in [1.29, 1.82) is 0 Å². The predicted octanol–water partition coefficient (Wildman–Crippen LogP) is 6.01. The van der Waals surface area contributed by atoms with Crippen molar-refractivity contribution in [2.24, 2.45) is 0 Å². The van der Waals surface area contributed by atoms with E-state index in [0.29, 0.717) is 17.3 Å². The van der Waals surface area contributed by atoms with E-state index in [-0.39, 0.29) is 5.91 Å². The van der Waals surface area contributed by atoms with Gasteiger partial charge in [-0.25, -0.2) is 0 Å². The number of benzene rings is 3. The molecule has 2 heterocycles. The van der Waals surface area contributed by atoms with Gasteiger partial charge in [0.15, 0.2) is 5.76 Å². The number of anilines is 2. The molecule has 2 aliphatic rings. The lowest BCUT2D eigenvalue weighted by Gasteiger charge is -2.36. The highest BCUT2D eigenvalue weighted by molar-refractivity contribution is 8.08. The molecule has 0 unspecified atom stereocenters. The van der Waals surface area contributed by atoms with Gasteiger partial charge in [-0.2, -0.15) is 0 Å². The standard InChI is InChI=1S/C30H32ClN3O3S/c1-36-25-12-10-24(11-13-25)33-19-17-32(18-20-33)15-6-16-34-26-14-9-23(31)21-27(26)38-29(28(37-2)30(34)35)22-7-4-3-5-8-22/h3-5,7-14,21H,6,15-20H2,1-2H3. The van der Waals surface area contributed by atoms with Crippen molar-refractivity contribution in [1.82, 2.24) is 4.90 Å². The van der Waals surface area contributed by atoms with Crippen LogP contribution in [0.15, 0.2) is 83.5 Å². The number of amides is 1. The molecule has 1 amide bonds. The summed E-state index contributed by atoms with van der Waals surface area (Å²) >= 11 is 7.91. The van der Waals surface area contributed by atoms with Crippen LogP contribution in [0.4, 0.5) is 11.4 Å². The van der Waals surface area contributed by atoms with E-state index in [9.17, 15) is 4.79 Å². The second kappa shape index (κ2) is 12.2. The zero-order valence-corrected chi connectivity index (χ0v) is 23.3. The summed E-state index contributed by atoms with van der Waals surface area (Å²) in [7, 11) is 3.26. The molecule has 5 rings (SSSR count). The molecule has 0 bridgehead atoms. The summed E-state index contributed by atoms with van der Waals surface area (Å²) in [4.78, 5) is 22.3. The Balaban J connectivity index is 1.27. The Bertz CT molecular complexity index is 1290. The first-order chi connectivity index (χ1) is 18.6. The topological polar surface area (TPSA) is 45.2 Å². The van der Waals surface area contributed by atoms with E-state index in [1.807, 2.05) is 65.6 Å². The lowest BCUT2D eigenvalue weighted by molar-refractivity contribution is -0.117. The van der Waals surface area contributed by atoms with Crippen molar-refractivity contribution in [2.45, 2.75) is 11.3 Å². The summed E-state index contributed by atoms with van der Waals surface area (Å²) in [5, 5.41) is 0.645. The minimum atomic E-state index is -0.121. The van der Waals surface area contributed by atoms with E-state index < -0.39 is 0 Å². The van der Waals surface area contributed by atoms with Gasteiger partial charge in [0.2, 0.25) is 0 Å². The number of hydrogen-bond acceptors (Lipinski definition) is 6. The summed E-state index contributed by atoms with van der Waals surface area (Å²) in [6.07, 6.45) is 0.860. The maximum Gasteiger partial charge on any atom is 0.294 e. The number of methoxy groups -OCH3 is 2. The van der Waals surface area contributed by atoms with Crippen molar-refractivity contribution in [3.63, 3.8) is 0 Å². The molecule has 2 aliphatic heterocycles. The Morgan fingerprint density at radius 1 is 0.868 bits per heavy atom. The summed E-state index contributed by atoms with van der Waals surface area (Å²) in [5.74, 6) is 1.12. The number of hydrogen-bond donors (Lipinski definition) is 0. The van der Waals surface area contributed by atoms with Crippen LogP contribution in [0.2, 0.25) is 5.02 Å². The van der Waals surface area contributed by atoms with Crippen LogP contribution in [0.3, 0.4) is 0 Å². The minimum absolute atomic E-state index is 0.121. The highest BCUT2D eigenvalue weighted by atomic mass is 35.5. The number of carbonyl (C=O) groups is 1. The lowest BCUT2D eigenvalue weighted by atomic mass is 10.1. The number of rotatable bonds is 8. The van der Waals surface area contributed by atoms with Gasteiger partial charge in [0.25, 0.3) is 5.91 Å². The van der Waals surface area contributed by atoms with Gasteiger partial charge in [0.05, 0.1) is 24.8 Å². The van der Waals surface area contributed by atoms with Crippen LogP contribution in [0.25, 0.3) is 4.91 Å². The molecule has 0 N–H and O–H groups in total. The SMILES string of the molecule is COC1=C(c2ccccc2)Sc2cc(Cl)ccc2N(CCCN2CCN(c3ccc(OC)cc3)CC2)C1=O. The Morgan fingerprint density at radius 3 is 2.29 bits per heavy atom. The third-order valence-electron chi connectivity index (χ3n) is 6.98. The molecular formula is C30H32ClN3O3S. The molecule has 0 spiro atoms. The molecule has 0 atom stereocenters. The Labute approximate surface area is 233 Å². The zero-order valence-electron chi connectivity index (χ0n) is 21.7. The third kappa shape index (κ3) is 5.80. The Kier molecular flexibility index (Phi) is 8.47. The monoisotopic (exact) mass is 549 g/mol. The van der Waals surface area contributed by atoms with E-state index in [1.54, 1.807) is 14.2 Å². The molecule has 38 heavy (non-hydrogen) atoms. The van der Waals surface area contributed by atoms with Crippen molar-refractivity contribution in [3.05, 3.63) is 89.1 Å². The van der Waals surface area contributed by atoms with E-state index in [4.69, 9.17) is 21.1 Å². The number of ether oxygens (including phenoxy) is 2. The first-order valence-corrected chi connectivity index (χ1v) is 14.0. The highest BCUT2D eigenvalue weighted by Gasteiger charge is 2.31. The summed E-state index contributed by atoms with van der Waals surface area (Å²) in [6, 6.07) is 23.9. The maximum absolute atomic E-state index is 13.8. The molecule has 1 saturated heterocycles. The molecule has 8 heteroatoms. The smallest absolute Gasteiger partial charge is 0.294 e. The number of fused-ring (bicyclic) bond motifs is 1. The van der Waals surface area contributed by atoms with Crippen LogP contribution in [0.1, 0.15) is 12.0 Å². The zero-order chi connectivity index (χ0) is 26.5. The van der Waals surface area contributed by atoms with Gasteiger partial charge in [-0.1, -0.05) is 53.7 Å². The molecular weight excluding hydrogens is 518 g/mol. The predicted molar refractivity (Wildman–Crippen MR) is 156 cm³/mol. The number of thioether (sulfide) groups is 1. The first-order valence-electron chi connectivity index (χ1n) is 12.8. The van der Waals surface area contributed by atoms with Gasteiger partial charge in [0.1, 0.15) is 5.75 Å². The van der Waals surface area contributed by atoms with E-state index >= 15 is 0 Å². The van der Waals surface area contributed by atoms with Gasteiger partial charge in [-0.3, -0.25) is 9.69 Å². The summed E-state index contributed by atoms with van der Waals surface area (Å²) < 4.78 is 11.0. The molecule has 0 radical (unpaired) electrons. The van der Waals surface area contributed by atoms with E-state index in [1.165, 1.54) is 17.4 Å². The van der Waals surface area contributed by atoms with Crippen LogP contribution in [-0.4, -0.2) is 64.3 Å². The fourth-order valence-electron chi connectivity index (χ4n) is 4.93. The second-order valence-electron chi connectivity index (χ2n) is 9.28. The molecule has 1 fully saturated rings. The average molecular weight is 550 g/mol. The minimum Gasteiger partial charge on any atom is -0.497 e. The third-order valence-corrected chi connectivity index (χ3v) is 8.38. The molecule has 0 aliphatic carbocycles. The van der Waals surface area contributed by atoms with Gasteiger partial charge >= 0.3 is 0 Å². The Hall–Kier alpha value is -3.13. The highest BCUT2D eigenvalue weighted by Crippen LogP contribution is 2.46. The number of carbonyl (C=O) groups excluding carboxylic acids is 1. The molecule has 0 saturated carbocycles. The fraction of sp³-hybridized carbons (Fsp3) is 0.300. The summed E-state index contributed by atoms with van der Waals surface area (Å²) in [5.41, 5.74) is 3.04. The van der Waals surface area contributed by atoms with Gasteiger partial charge in [-0.05, 0) is 61.0 Å². The van der Waals surface area contributed by atoms with E-state index in [2.05, 4.69) is 21.9 Å². The molecule has 0 aromatic heterocycles. The fourth-order valence-corrected chi connectivity index (χ4v) is 6.38. The molecule has 198 valence electrons. The van der Waals surface area contributed by atoms with Crippen LogP contribution < -0.4 is 14.5 Å². The quantitative estimate of drug-likeness (QED) is 0.343. The van der Waals surface area contributed by atoms with Crippen molar-refractivity contribution < 1.29 is 14.3 Å². The second-order valence-corrected chi connectivity index (χ2v) is 10.8. The molecule has 6 nitrogen and oxygen atoms in total. The van der Waals surface area contributed by atoms with Crippen LogP contribution >= 0.6 is 23.4 Å². The van der Waals surface area contributed by atoms with Crippen LogP contribution in [0.5, 0.6) is 5.75 Å². The number of halogens is 1. The molecule has 3 aromatic carbocycles. The van der Waals surface area contributed by atoms with Crippen LogP contribution in [0, 0.1) is 0 Å². The summed E-state index contributed by atoms with van der Waals surface area (Å²) in [6.45, 7) is 5.45. The van der Waals surface area contributed by atoms with Gasteiger partial charge < -0.3 is 19.3 Å². The van der Waals surface area contributed by atoms with Crippen LogP contribution in [-0.2, 0) is 9.53 Å². The Morgan fingerprint density at radius 2 is 1.61 bits per heavy atom. The van der Waals surface area contributed by atoms with Gasteiger partial charge in [0, 0.05) is 48.3 Å². The molecule has 3 aromatic rings.